The summed E-state index contributed by atoms with van der Waals surface area (Å²) in [6.07, 6.45) is 2.74. The summed E-state index contributed by atoms with van der Waals surface area (Å²) in [5, 5.41) is 12.0. The predicted molar refractivity (Wildman–Crippen MR) is 135 cm³/mol. The van der Waals surface area contributed by atoms with Crippen molar-refractivity contribution < 1.29 is 19.4 Å². The number of ether oxygens (including phenoxy) is 1. The van der Waals surface area contributed by atoms with Gasteiger partial charge in [-0.25, -0.2) is 9.78 Å². The number of carboxylic acids is 1. The van der Waals surface area contributed by atoms with E-state index in [2.05, 4.69) is 15.2 Å². The number of amides is 2. The number of aromatic nitrogens is 1. The molecule has 180 valence electrons. The number of pyridine rings is 1. The van der Waals surface area contributed by atoms with Crippen molar-refractivity contribution in [3.63, 3.8) is 0 Å². The lowest BCUT2D eigenvalue weighted by Gasteiger charge is -2.33. The molecule has 8 nitrogen and oxygen atoms in total. The number of hydrogen-bond acceptors (Lipinski definition) is 5. The lowest BCUT2D eigenvalue weighted by Crippen LogP contribution is -2.44. The van der Waals surface area contributed by atoms with E-state index in [9.17, 15) is 9.59 Å². The number of fused-ring (bicyclic) bond motifs is 1. The van der Waals surface area contributed by atoms with E-state index in [0.29, 0.717) is 18.8 Å². The van der Waals surface area contributed by atoms with E-state index in [-0.39, 0.29) is 24.5 Å². The van der Waals surface area contributed by atoms with Crippen LogP contribution in [0.25, 0.3) is 11.1 Å². The van der Waals surface area contributed by atoms with Crippen LogP contribution in [0.4, 0.5) is 22.0 Å². The standard InChI is InChI=1S/C27H28N4O4/c1-18-16-31(27(34)29-22-5-3-2-4-6-22)23-9-7-20(14-24(23)35-18)21-8-10-25(28-15-21)30-12-11-19(17-30)13-26(32)33/h2-10,14-15,18-19H,11-13,16-17H2,1H3,(H,29,34)(H,32,33). The van der Waals surface area contributed by atoms with Crippen LogP contribution in [0, 0.1) is 5.92 Å². The number of para-hydroxylation sites is 1. The number of anilines is 3. The zero-order chi connectivity index (χ0) is 24.4. The summed E-state index contributed by atoms with van der Waals surface area (Å²) in [5.41, 5.74) is 3.37. The maximum absolute atomic E-state index is 13.0. The minimum Gasteiger partial charge on any atom is -0.487 e. The number of hydrogen-bond donors (Lipinski definition) is 2. The first kappa shape index (κ1) is 22.7. The first-order valence-corrected chi connectivity index (χ1v) is 11.8. The Morgan fingerprint density at radius 3 is 2.63 bits per heavy atom. The molecule has 2 aliphatic rings. The number of nitrogens with one attached hydrogen (secondary N) is 1. The third-order valence-corrected chi connectivity index (χ3v) is 6.44. The molecule has 0 saturated carbocycles. The highest BCUT2D eigenvalue weighted by Gasteiger charge is 2.28. The van der Waals surface area contributed by atoms with Gasteiger partial charge in [-0.1, -0.05) is 24.3 Å². The quantitative estimate of drug-likeness (QED) is 0.550. The summed E-state index contributed by atoms with van der Waals surface area (Å²) in [6.45, 7) is 3.93. The van der Waals surface area contributed by atoms with Gasteiger partial charge >= 0.3 is 12.0 Å². The molecule has 2 aliphatic heterocycles. The Labute approximate surface area is 204 Å². The van der Waals surface area contributed by atoms with Gasteiger partial charge in [0.15, 0.2) is 0 Å². The van der Waals surface area contributed by atoms with Gasteiger partial charge in [0, 0.05) is 37.0 Å². The van der Waals surface area contributed by atoms with Crippen molar-refractivity contribution in [2.24, 2.45) is 5.92 Å². The molecule has 8 heteroatoms. The molecule has 35 heavy (non-hydrogen) atoms. The van der Waals surface area contributed by atoms with Crippen LogP contribution in [0.15, 0.2) is 66.9 Å². The Kier molecular flexibility index (Phi) is 6.27. The third kappa shape index (κ3) is 5.06. The monoisotopic (exact) mass is 472 g/mol. The molecule has 0 aliphatic carbocycles. The van der Waals surface area contributed by atoms with Crippen molar-refractivity contribution in [3.05, 3.63) is 66.9 Å². The van der Waals surface area contributed by atoms with Crippen molar-refractivity contribution >= 4 is 29.2 Å². The van der Waals surface area contributed by atoms with Crippen molar-refractivity contribution in [2.75, 3.05) is 34.8 Å². The van der Waals surface area contributed by atoms with Crippen LogP contribution in [-0.2, 0) is 4.79 Å². The second kappa shape index (κ2) is 9.66. The minimum atomic E-state index is -0.750. The molecule has 3 aromatic rings. The Morgan fingerprint density at radius 2 is 1.89 bits per heavy atom. The molecule has 2 unspecified atom stereocenters. The molecule has 0 radical (unpaired) electrons. The van der Waals surface area contributed by atoms with Crippen LogP contribution >= 0.6 is 0 Å². The van der Waals surface area contributed by atoms with E-state index in [1.807, 2.05) is 73.8 Å². The van der Waals surface area contributed by atoms with Gasteiger partial charge in [-0.3, -0.25) is 9.69 Å². The van der Waals surface area contributed by atoms with Crippen LogP contribution < -0.4 is 19.9 Å². The van der Waals surface area contributed by atoms with E-state index in [1.54, 1.807) is 4.90 Å². The molecular formula is C27H28N4O4. The number of carboxylic acid groups (broad SMARTS) is 1. The number of carbonyl (C=O) groups is 2. The summed E-state index contributed by atoms with van der Waals surface area (Å²) < 4.78 is 6.07. The van der Waals surface area contributed by atoms with Gasteiger partial charge < -0.3 is 20.1 Å². The summed E-state index contributed by atoms with van der Waals surface area (Å²) in [6, 6.07) is 19.0. The third-order valence-electron chi connectivity index (χ3n) is 6.44. The van der Waals surface area contributed by atoms with Crippen LogP contribution in [0.2, 0.25) is 0 Å². The Balaban J connectivity index is 1.32. The van der Waals surface area contributed by atoms with Crippen LogP contribution in [0.3, 0.4) is 0 Å². The summed E-state index contributed by atoms with van der Waals surface area (Å²) in [5.74, 6) is 0.925. The minimum absolute atomic E-state index is 0.145. The fraction of sp³-hybridized carbons (Fsp3) is 0.296. The Morgan fingerprint density at radius 1 is 1.09 bits per heavy atom. The largest absolute Gasteiger partial charge is 0.487 e. The molecule has 1 saturated heterocycles. The second-order valence-electron chi connectivity index (χ2n) is 9.12. The summed E-state index contributed by atoms with van der Waals surface area (Å²) in [7, 11) is 0. The van der Waals surface area contributed by atoms with Crippen LogP contribution in [0.1, 0.15) is 19.8 Å². The molecular weight excluding hydrogens is 444 g/mol. The Bertz CT molecular complexity index is 1220. The molecule has 2 N–H and O–H groups in total. The highest BCUT2D eigenvalue weighted by molar-refractivity contribution is 6.03. The summed E-state index contributed by atoms with van der Waals surface area (Å²) in [4.78, 5) is 32.5. The molecule has 2 atom stereocenters. The number of urea groups is 1. The summed E-state index contributed by atoms with van der Waals surface area (Å²) >= 11 is 0. The average Bonchev–Trinajstić information content (AvgIpc) is 3.31. The van der Waals surface area contributed by atoms with Crippen molar-refractivity contribution in [1.29, 1.82) is 0 Å². The Hall–Kier alpha value is -4.07. The first-order chi connectivity index (χ1) is 17.0. The maximum atomic E-state index is 13.0. The van der Waals surface area contributed by atoms with E-state index in [4.69, 9.17) is 9.84 Å². The molecule has 2 amide bonds. The van der Waals surface area contributed by atoms with Crippen LogP contribution in [-0.4, -0.2) is 47.8 Å². The van der Waals surface area contributed by atoms with Gasteiger partial charge in [-0.15, -0.1) is 0 Å². The van der Waals surface area contributed by atoms with Crippen molar-refractivity contribution in [3.8, 4) is 16.9 Å². The average molecular weight is 473 g/mol. The topological polar surface area (TPSA) is 95.0 Å². The molecule has 1 aromatic heterocycles. The van der Waals surface area contributed by atoms with Gasteiger partial charge in [0.1, 0.15) is 17.7 Å². The number of nitrogens with zero attached hydrogens (tertiary/aromatic N) is 3. The number of benzene rings is 2. The zero-order valence-electron chi connectivity index (χ0n) is 19.6. The van der Waals surface area contributed by atoms with E-state index in [0.717, 1.165) is 41.3 Å². The number of aliphatic carboxylic acids is 1. The van der Waals surface area contributed by atoms with Gasteiger partial charge in [-0.05, 0) is 61.2 Å². The van der Waals surface area contributed by atoms with Gasteiger partial charge in [0.2, 0.25) is 0 Å². The molecule has 0 spiro atoms. The zero-order valence-corrected chi connectivity index (χ0v) is 19.6. The van der Waals surface area contributed by atoms with Gasteiger partial charge in [0.05, 0.1) is 12.2 Å². The van der Waals surface area contributed by atoms with Gasteiger partial charge in [-0.2, -0.15) is 0 Å². The molecule has 1 fully saturated rings. The fourth-order valence-electron chi connectivity index (χ4n) is 4.72. The van der Waals surface area contributed by atoms with E-state index < -0.39 is 5.97 Å². The van der Waals surface area contributed by atoms with E-state index >= 15 is 0 Å². The molecule has 2 aromatic carbocycles. The second-order valence-corrected chi connectivity index (χ2v) is 9.12. The SMILES string of the molecule is CC1CN(C(=O)Nc2ccccc2)c2ccc(-c3ccc(N4CCC(CC(=O)O)C4)nc3)cc2O1. The normalized spacial score (nSPS) is 19.1. The maximum Gasteiger partial charge on any atom is 0.326 e. The highest BCUT2D eigenvalue weighted by Crippen LogP contribution is 2.37. The number of rotatable bonds is 5. The molecule has 3 heterocycles. The highest BCUT2D eigenvalue weighted by atomic mass is 16.5. The van der Waals surface area contributed by atoms with E-state index in [1.165, 1.54) is 0 Å². The smallest absolute Gasteiger partial charge is 0.326 e. The molecule has 0 bridgehead atoms. The number of carbonyl (C=O) groups excluding carboxylic acids is 1. The fourth-order valence-corrected chi connectivity index (χ4v) is 4.72. The van der Waals surface area contributed by atoms with Crippen LogP contribution in [0.5, 0.6) is 5.75 Å². The van der Waals surface area contributed by atoms with Crippen molar-refractivity contribution in [2.45, 2.75) is 25.9 Å². The first-order valence-electron chi connectivity index (χ1n) is 11.8. The predicted octanol–water partition coefficient (Wildman–Crippen LogP) is 4.87. The van der Waals surface area contributed by atoms with Gasteiger partial charge in [0.25, 0.3) is 0 Å². The lowest BCUT2D eigenvalue weighted by atomic mass is 10.0. The molecule has 5 rings (SSSR count). The lowest BCUT2D eigenvalue weighted by molar-refractivity contribution is -0.137. The van der Waals surface area contributed by atoms with Crippen molar-refractivity contribution in [1.82, 2.24) is 4.98 Å².